The maximum atomic E-state index is 12.6. The minimum Gasteiger partial charge on any atom is -0.351 e. The van der Waals surface area contributed by atoms with Gasteiger partial charge in [-0.1, -0.05) is 58.6 Å². The summed E-state index contributed by atoms with van der Waals surface area (Å²) in [6.45, 7) is 9.54. The van der Waals surface area contributed by atoms with Gasteiger partial charge in [-0.15, -0.1) is 11.8 Å². The number of amides is 1. The molecule has 196 valence electrons. The van der Waals surface area contributed by atoms with Gasteiger partial charge in [-0.2, -0.15) is 0 Å². The first-order valence-electron chi connectivity index (χ1n) is 13.0. The minimum atomic E-state index is -2.42. The Bertz CT molecular complexity index is 837. The van der Waals surface area contributed by atoms with E-state index in [1.165, 1.54) is 12.2 Å². The van der Waals surface area contributed by atoms with E-state index in [4.69, 9.17) is 10.4 Å². The van der Waals surface area contributed by atoms with Crippen LogP contribution in [-0.2, 0) is 4.79 Å². The van der Waals surface area contributed by atoms with Gasteiger partial charge >= 0.3 is 0 Å². The fraction of sp³-hybridized carbons (Fsp3) is 0.667. The van der Waals surface area contributed by atoms with Gasteiger partial charge in [0, 0.05) is 37.1 Å². The first kappa shape index (κ1) is 29.3. The number of halogens is 2. The third-order valence-electron chi connectivity index (χ3n) is 6.52. The van der Waals surface area contributed by atoms with Gasteiger partial charge < -0.3 is 15.6 Å². The molecular formula is C27H42F2N4OS. The number of unbranched alkanes of at least 4 members (excludes halogenated alkanes) is 3. The molecule has 8 heteroatoms. The maximum absolute atomic E-state index is 12.6. The minimum absolute atomic E-state index is 0.0517. The van der Waals surface area contributed by atoms with Gasteiger partial charge in [0.15, 0.2) is 0 Å². The summed E-state index contributed by atoms with van der Waals surface area (Å²) in [7, 11) is 0. The number of nitrogens with one attached hydrogen (secondary N) is 2. The van der Waals surface area contributed by atoms with Crippen molar-refractivity contribution in [3.8, 4) is 0 Å². The Balaban J connectivity index is 2.25. The number of rotatable bonds is 15. The normalized spacial score (nSPS) is 20.0. The Morgan fingerprint density at radius 3 is 2.74 bits per heavy atom. The molecule has 35 heavy (non-hydrogen) atoms. The van der Waals surface area contributed by atoms with Crippen molar-refractivity contribution in [3.05, 3.63) is 34.9 Å². The predicted molar refractivity (Wildman–Crippen MR) is 144 cm³/mol. The molecule has 2 rings (SSSR count). The summed E-state index contributed by atoms with van der Waals surface area (Å²) < 4.78 is 25.2. The quantitative estimate of drug-likeness (QED) is 0.190. The number of hydrogen-bond acceptors (Lipinski definition) is 5. The number of fused-ring (bicyclic) bond motifs is 1. The second-order valence-corrected chi connectivity index (χ2v) is 10.4. The van der Waals surface area contributed by atoms with Crippen LogP contribution in [0.25, 0.3) is 0 Å². The highest BCUT2D eigenvalue weighted by atomic mass is 32.2. The predicted octanol–water partition coefficient (Wildman–Crippen LogP) is 6.73. The van der Waals surface area contributed by atoms with Gasteiger partial charge in [-0.05, 0) is 30.7 Å². The maximum Gasteiger partial charge on any atom is 0.242 e. The number of carbonyl (C=O) groups excluding carboxylic acids is 1. The van der Waals surface area contributed by atoms with Crippen molar-refractivity contribution in [1.29, 1.82) is 5.41 Å². The smallest absolute Gasteiger partial charge is 0.242 e. The number of amidine groups is 1. The summed E-state index contributed by atoms with van der Waals surface area (Å²) in [6, 6.07) is -0.0517. The molecular weight excluding hydrogens is 466 g/mol. The fourth-order valence-electron chi connectivity index (χ4n) is 4.40. The van der Waals surface area contributed by atoms with Crippen molar-refractivity contribution in [1.82, 2.24) is 10.2 Å². The number of hydrogen-bond donors (Lipinski definition) is 2. The van der Waals surface area contributed by atoms with E-state index < -0.39 is 6.43 Å². The van der Waals surface area contributed by atoms with Gasteiger partial charge in [0.1, 0.15) is 5.84 Å². The molecule has 0 aromatic carbocycles. The van der Waals surface area contributed by atoms with E-state index in [-0.39, 0.29) is 29.3 Å². The van der Waals surface area contributed by atoms with Gasteiger partial charge in [-0.25, -0.2) is 8.78 Å². The molecule has 0 radical (unpaired) electrons. The lowest BCUT2D eigenvalue weighted by molar-refractivity contribution is -0.121. The number of nitrogens with zero attached hydrogens (tertiary/aromatic N) is 2. The summed E-state index contributed by atoms with van der Waals surface area (Å²) in [6.07, 6.45) is 8.47. The summed E-state index contributed by atoms with van der Waals surface area (Å²) in [4.78, 5) is 19.7. The number of aliphatic imine (C=N–C) groups is 1. The first-order valence-corrected chi connectivity index (χ1v) is 13.9. The van der Waals surface area contributed by atoms with Crippen LogP contribution in [-0.4, -0.2) is 53.2 Å². The van der Waals surface area contributed by atoms with Gasteiger partial charge in [0.05, 0.1) is 23.5 Å². The molecule has 2 aliphatic heterocycles. The standard InChI is InChI=1S/C27H42F2N4OS/c1-5-8-9-10-14-25(34)32-20-16-23-21(22(30)12-11-13-24(28)29)17-31-27(33(23)18-20)26(19(4)7-3)35-15-6-2/h6,11-12,15,19-20,24,26,30H,5,7-10,13-14,16-18H2,1-4H3,(H,32,34)/b12-11-,15-6-,30-22?. The van der Waals surface area contributed by atoms with Crippen LogP contribution in [0.1, 0.15) is 79.1 Å². The summed E-state index contributed by atoms with van der Waals surface area (Å²) in [5, 5.41) is 14.0. The number of alkyl halides is 2. The molecule has 2 N–H and O–H groups in total. The largest absolute Gasteiger partial charge is 0.351 e. The molecule has 0 aromatic heterocycles. The second kappa shape index (κ2) is 15.2. The highest BCUT2D eigenvalue weighted by Gasteiger charge is 2.39. The molecule has 3 atom stereocenters. The second-order valence-electron chi connectivity index (χ2n) is 9.34. The molecule has 2 aliphatic rings. The fourth-order valence-corrected chi connectivity index (χ4v) is 5.51. The third kappa shape index (κ3) is 8.89. The highest BCUT2D eigenvalue weighted by molar-refractivity contribution is 8.03. The Kier molecular flexibility index (Phi) is 12.7. The molecule has 1 fully saturated rings. The molecule has 3 unspecified atom stereocenters. The zero-order valence-corrected chi connectivity index (χ0v) is 22.5. The van der Waals surface area contributed by atoms with E-state index >= 15 is 0 Å². The van der Waals surface area contributed by atoms with Gasteiger partial charge in [0.25, 0.3) is 0 Å². The number of carbonyl (C=O) groups is 1. The van der Waals surface area contributed by atoms with Crippen LogP contribution in [0.5, 0.6) is 0 Å². The molecule has 0 aliphatic carbocycles. The van der Waals surface area contributed by atoms with Gasteiger partial charge in [0.2, 0.25) is 12.3 Å². The molecule has 5 nitrogen and oxygen atoms in total. The van der Waals surface area contributed by atoms with Crippen LogP contribution in [0.3, 0.4) is 0 Å². The van der Waals surface area contributed by atoms with Crippen LogP contribution in [0.4, 0.5) is 8.78 Å². The third-order valence-corrected chi connectivity index (χ3v) is 7.91. The van der Waals surface area contributed by atoms with Crippen LogP contribution < -0.4 is 5.32 Å². The van der Waals surface area contributed by atoms with Crippen LogP contribution in [0.15, 0.2) is 39.9 Å². The van der Waals surface area contributed by atoms with Crippen molar-refractivity contribution in [3.63, 3.8) is 0 Å². The van der Waals surface area contributed by atoms with E-state index in [9.17, 15) is 13.6 Å². The summed E-state index contributed by atoms with van der Waals surface area (Å²) in [5.74, 6) is 1.46. The highest BCUT2D eigenvalue weighted by Crippen LogP contribution is 2.35. The lowest BCUT2D eigenvalue weighted by atomic mass is 9.99. The lowest BCUT2D eigenvalue weighted by Gasteiger charge is -2.34. The molecule has 0 bridgehead atoms. The van der Waals surface area contributed by atoms with Crippen molar-refractivity contribution in [2.75, 3.05) is 13.1 Å². The first-order chi connectivity index (χ1) is 16.8. The van der Waals surface area contributed by atoms with Crippen LogP contribution in [0.2, 0.25) is 0 Å². The van der Waals surface area contributed by atoms with E-state index in [0.717, 1.165) is 49.2 Å². The zero-order valence-electron chi connectivity index (χ0n) is 21.7. The average molecular weight is 509 g/mol. The van der Waals surface area contributed by atoms with Crippen LogP contribution in [0, 0.1) is 11.3 Å². The SMILES string of the molecule is C/C=C\SC(C1=NCC(C(=N)/C=C\CC(F)F)=C2CC(NC(=O)CCCCCC)CN12)C(C)CC. The molecule has 0 spiro atoms. The molecule has 0 aromatic rings. The zero-order chi connectivity index (χ0) is 25.8. The van der Waals surface area contributed by atoms with Crippen molar-refractivity contribution in [2.24, 2.45) is 10.9 Å². The monoisotopic (exact) mass is 508 g/mol. The Morgan fingerprint density at radius 1 is 1.31 bits per heavy atom. The molecule has 1 saturated heterocycles. The van der Waals surface area contributed by atoms with Gasteiger partial charge in [-0.3, -0.25) is 9.79 Å². The summed E-state index contributed by atoms with van der Waals surface area (Å²) in [5.41, 5.74) is 1.98. The van der Waals surface area contributed by atoms with Crippen molar-refractivity contribution >= 4 is 29.2 Å². The topological polar surface area (TPSA) is 68.5 Å². The lowest BCUT2D eigenvalue weighted by Crippen LogP contribution is -2.43. The van der Waals surface area contributed by atoms with Crippen LogP contribution >= 0.6 is 11.8 Å². The Hall–Kier alpha value is -1.96. The van der Waals surface area contributed by atoms with E-state index in [1.807, 2.05) is 13.0 Å². The number of thioether (sulfide) groups is 1. The van der Waals surface area contributed by atoms with Crippen molar-refractivity contribution < 1.29 is 13.6 Å². The Labute approximate surface area is 214 Å². The van der Waals surface area contributed by atoms with E-state index in [0.29, 0.717) is 31.8 Å². The van der Waals surface area contributed by atoms with E-state index in [1.54, 1.807) is 11.8 Å². The molecule has 0 saturated carbocycles. The van der Waals surface area contributed by atoms with Crippen molar-refractivity contribution in [2.45, 2.75) is 96.8 Å². The Morgan fingerprint density at radius 2 is 2.09 bits per heavy atom. The molecule has 2 heterocycles. The molecule has 1 amide bonds. The van der Waals surface area contributed by atoms with E-state index in [2.05, 4.69) is 36.4 Å². The summed E-state index contributed by atoms with van der Waals surface area (Å²) >= 11 is 1.75. The average Bonchev–Trinajstić information content (AvgIpc) is 3.24. The number of allylic oxidation sites excluding steroid dienone is 3.